The summed E-state index contributed by atoms with van der Waals surface area (Å²) in [4.78, 5) is 26.9. The number of para-hydroxylation sites is 2. The van der Waals surface area contributed by atoms with Gasteiger partial charge in [0.05, 0.1) is 35.6 Å². The molecule has 0 atom stereocenters. The molecule has 0 aliphatic carbocycles. The highest BCUT2D eigenvalue weighted by Crippen LogP contribution is 2.28. The van der Waals surface area contributed by atoms with E-state index in [1.807, 2.05) is 66.9 Å². The molecule has 0 saturated carbocycles. The molecule has 4 aromatic rings. The predicted octanol–water partition coefficient (Wildman–Crippen LogP) is 6.59. The molecule has 0 spiro atoms. The molecule has 0 fully saturated rings. The minimum Gasteiger partial charge on any atom is -0.492 e. The number of hydrogen-bond acceptors (Lipinski definition) is 5. The van der Waals surface area contributed by atoms with Crippen LogP contribution in [0.3, 0.4) is 0 Å². The summed E-state index contributed by atoms with van der Waals surface area (Å²) in [5, 5.41) is 19.9. The van der Waals surface area contributed by atoms with E-state index in [0.29, 0.717) is 42.6 Å². The standard InChI is InChI=1S/C31H31ClN2O6/c32-27-10-1-2-11-28(27)40-18-4-3-17-39-25-16-15-24(33-19-25)14-13-22-7-5-9-26-23(8-6-12-29(35)36)20-34(31(22)26)21-30(37)38/h1-2,5,7,9-11,13-16,19-20H,3-4,6,8,12,17-18,21H2,(H,35,36)(H,37,38). The molecule has 2 N–H and O–H groups in total. The van der Waals surface area contributed by atoms with Gasteiger partial charge in [-0.2, -0.15) is 0 Å². The van der Waals surface area contributed by atoms with Crippen molar-refractivity contribution in [3.63, 3.8) is 0 Å². The average molecular weight is 563 g/mol. The number of carboxylic acids is 2. The van der Waals surface area contributed by atoms with Gasteiger partial charge in [-0.05, 0) is 67.2 Å². The van der Waals surface area contributed by atoms with Crippen LogP contribution in [-0.4, -0.2) is 44.9 Å². The van der Waals surface area contributed by atoms with Crippen molar-refractivity contribution in [1.29, 1.82) is 0 Å². The van der Waals surface area contributed by atoms with Gasteiger partial charge < -0.3 is 24.3 Å². The fourth-order valence-electron chi connectivity index (χ4n) is 4.39. The number of pyridine rings is 1. The summed E-state index contributed by atoms with van der Waals surface area (Å²) in [6.45, 7) is 0.915. The molecule has 4 rings (SSSR count). The number of carbonyl (C=O) groups is 2. The molecule has 0 amide bonds. The van der Waals surface area contributed by atoms with Gasteiger partial charge in [0.1, 0.15) is 18.0 Å². The molecule has 0 saturated heterocycles. The van der Waals surface area contributed by atoms with Crippen LogP contribution in [0, 0.1) is 0 Å². The van der Waals surface area contributed by atoms with Crippen molar-refractivity contribution in [2.45, 2.75) is 38.6 Å². The smallest absolute Gasteiger partial charge is 0.323 e. The minimum atomic E-state index is -0.946. The topological polar surface area (TPSA) is 111 Å². The second kappa shape index (κ2) is 14.2. The summed E-state index contributed by atoms with van der Waals surface area (Å²) in [5.41, 5.74) is 3.31. The van der Waals surface area contributed by atoms with E-state index in [2.05, 4.69) is 4.98 Å². The van der Waals surface area contributed by atoms with Crippen LogP contribution in [0.1, 0.15) is 42.5 Å². The maximum Gasteiger partial charge on any atom is 0.323 e. The first-order chi connectivity index (χ1) is 19.4. The van der Waals surface area contributed by atoms with E-state index in [-0.39, 0.29) is 13.0 Å². The number of ether oxygens (including phenoxy) is 2. The summed E-state index contributed by atoms with van der Waals surface area (Å²) in [7, 11) is 0. The monoisotopic (exact) mass is 562 g/mol. The van der Waals surface area contributed by atoms with Crippen molar-refractivity contribution in [3.05, 3.63) is 88.8 Å². The fraction of sp³-hybridized carbons (Fsp3) is 0.258. The summed E-state index contributed by atoms with van der Waals surface area (Å²) < 4.78 is 13.2. The number of nitrogens with zero attached hydrogens (tertiary/aromatic N) is 2. The van der Waals surface area contributed by atoms with E-state index in [1.165, 1.54) is 0 Å². The number of aliphatic carboxylic acids is 2. The van der Waals surface area contributed by atoms with Crippen molar-refractivity contribution in [3.8, 4) is 11.5 Å². The van der Waals surface area contributed by atoms with Crippen LogP contribution < -0.4 is 9.47 Å². The zero-order chi connectivity index (χ0) is 28.3. The Bertz CT molecular complexity index is 1480. The first kappa shape index (κ1) is 28.7. The third kappa shape index (κ3) is 8.10. The van der Waals surface area contributed by atoms with E-state index < -0.39 is 11.9 Å². The number of carboxylic acid groups (broad SMARTS) is 2. The van der Waals surface area contributed by atoms with Crippen LogP contribution in [0.25, 0.3) is 23.1 Å². The molecule has 8 nitrogen and oxygen atoms in total. The zero-order valence-corrected chi connectivity index (χ0v) is 22.7. The van der Waals surface area contributed by atoms with Gasteiger partial charge in [0.15, 0.2) is 0 Å². The van der Waals surface area contributed by atoms with Crippen LogP contribution in [0.2, 0.25) is 5.02 Å². The van der Waals surface area contributed by atoms with Crippen molar-refractivity contribution in [1.82, 2.24) is 9.55 Å². The molecule has 0 radical (unpaired) electrons. The Morgan fingerprint density at radius 1 is 0.900 bits per heavy atom. The Hall–Kier alpha value is -4.30. The molecule has 208 valence electrons. The quantitative estimate of drug-likeness (QED) is 0.157. The second-order valence-corrected chi connectivity index (χ2v) is 9.66. The van der Waals surface area contributed by atoms with E-state index >= 15 is 0 Å². The largest absolute Gasteiger partial charge is 0.492 e. The number of fused-ring (bicyclic) bond motifs is 1. The number of aromatic nitrogens is 2. The Morgan fingerprint density at radius 3 is 2.42 bits per heavy atom. The SMILES string of the molecule is O=C(O)CCCc1cn(CC(=O)O)c2c(C=Cc3ccc(OCCCCOc4ccccc4Cl)cn3)cccc12. The van der Waals surface area contributed by atoms with E-state index in [0.717, 1.165) is 40.6 Å². The van der Waals surface area contributed by atoms with Crippen molar-refractivity contribution >= 4 is 46.6 Å². The van der Waals surface area contributed by atoms with E-state index in [4.69, 9.17) is 26.2 Å². The summed E-state index contributed by atoms with van der Waals surface area (Å²) in [6.07, 6.45) is 10.0. The number of unbranched alkanes of at least 4 members (excludes halogenated alkanes) is 1. The fourth-order valence-corrected chi connectivity index (χ4v) is 4.58. The lowest BCUT2D eigenvalue weighted by Gasteiger charge is -2.08. The molecule has 0 unspecified atom stereocenters. The Balaban J connectivity index is 1.35. The van der Waals surface area contributed by atoms with Gasteiger partial charge in [0.25, 0.3) is 0 Å². The third-order valence-electron chi connectivity index (χ3n) is 6.25. The Morgan fingerprint density at radius 2 is 1.70 bits per heavy atom. The van der Waals surface area contributed by atoms with Gasteiger partial charge in [-0.1, -0.05) is 48.0 Å². The first-order valence-corrected chi connectivity index (χ1v) is 13.5. The molecule has 0 aliphatic rings. The van der Waals surface area contributed by atoms with E-state index in [9.17, 15) is 14.7 Å². The molecule has 9 heteroatoms. The second-order valence-electron chi connectivity index (χ2n) is 9.25. The van der Waals surface area contributed by atoms with Gasteiger partial charge in [0, 0.05) is 18.0 Å². The lowest BCUT2D eigenvalue weighted by molar-refractivity contribution is -0.138. The normalized spacial score (nSPS) is 11.2. The summed E-state index contributed by atoms with van der Waals surface area (Å²) in [6, 6.07) is 16.9. The maximum atomic E-state index is 11.5. The number of hydrogen-bond donors (Lipinski definition) is 2. The van der Waals surface area contributed by atoms with Gasteiger partial charge in [-0.15, -0.1) is 0 Å². The Kier molecular flexibility index (Phi) is 10.2. The molecule has 0 bridgehead atoms. The zero-order valence-electron chi connectivity index (χ0n) is 22.0. The lowest BCUT2D eigenvalue weighted by Crippen LogP contribution is -2.07. The van der Waals surface area contributed by atoms with Gasteiger partial charge in [-0.25, -0.2) is 0 Å². The lowest BCUT2D eigenvalue weighted by atomic mass is 10.0. The molecular formula is C31H31ClN2O6. The molecule has 0 aliphatic heterocycles. The minimum absolute atomic E-state index is 0.0641. The van der Waals surface area contributed by atoms with Crippen molar-refractivity contribution < 1.29 is 29.3 Å². The van der Waals surface area contributed by atoms with E-state index in [1.54, 1.807) is 16.8 Å². The number of benzene rings is 2. The average Bonchev–Trinajstić information content (AvgIpc) is 3.28. The van der Waals surface area contributed by atoms with Crippen LogP contribution in [0.5, 0.6) is 11.5 Å². The van der Waals surface area contributed by atoms with Crippen molar-refractivity contribution in [2.75, 3.05) is 13.2 Å². The molecule has 2 heterocycles. The van der Waals surface area contributed by atoms with Crippen LogP contribution >= 0.6 is 11.6 Å². The predicted molar refractivity (Wildman–Crippen MR) is 155 cm³/mol. The molecule has 2 aromatic heterocycles. The van der Waals surface area contributed by atoms with Gasteiger partial charge in [0.2, 0.25) is 0 Å². The third-order valence-corrected chi connectivity index (χ3v) is 6.56. The first-order valence-electron chi connectivity index (χ1n) is 13.1. The Labute approximate surface area is 237 Å². The van der Waals surface area contributed by atoms with Gasteiger partial charge >= 0.3 is 11.9 Å². The van der Waals surface area contributed by atoms with Crippen LogP contribution in [0.15, 0.2) is 67.0 Å². The van der Waals surface area contributed by atoms with Crippen LogP contribution in [-0.2, 0) is 22.6 Å². The van der Waals surface area contributed by atoms with Crippen molar-refractivity contribution in [2.24, 2.45) is 0 Å². The maximum absolute atomic E-state index is 11.5. The number of aryl methyl sites for hydroxylation is 1. The highest BCUT2D eigenvalue weighted by molar-refractivity contribution is 6.32. The highest BCUT2D eigenvalue weighted by atomic mass is 35.5. The molecule has 40 heavy (non-hydrogen) atoms. The summed E-state index contributed by atoms with van der Waals surface area (Å²) >= 11 is 6.09. The highest BCUT2D eigenvalue weighted by Gasteiger charge is 2.13. The summed E-state index contributed by atoms with van der Waals surface area (Å²) in [5.74, 6) is -0.438. The number of halogens is 1. The number of rotatable bonds is 15. The van der Waals surface area contributed by atoms with Gasteiger partial charge in [-0.3, -0.25) is 14.6 Å². The molecular weight excluding hydrogens is 532 g/mol. The molecule has 2 aromatic carbocycles. The van der Waals surface area contributed by atoms with Crippen LogP contribution in [0.4, 0.5) is 0 Å².